The Morgan fingerprint density at radius 3 is 2.95 bits per heavy atom. The van der Waals surface area contributed by atoms with Crippen LogP contribution in [0.15, 0.2) is 18.2 Å². The summed E-state index contributed by atoms with van der Waals surface area (Å²) in [6, 6.07) is 5.98. The quantitative estimate of drug-likeness (QED) is 0.898. The standard InChI is InChI=1S/C16H20N2O2/c1-20-11-6-7-15-13(10-11)16(17-8-9-19)12-4-2-3-5-14(12)18-15/h6-7,10,19H,2-5,8-9H2,1H3,(H,17,18). The van der Waals surface area contributed by atoms with Crippen LogP contribution >= 0.6 is 0 Å². The first-order valence-corrected chi connectivity index (χ1v) is 7.17. The largest absolute Gasteiger partial charge is 0.497 e. The molecular weight excluding hydrogens is 252 g/mol. The first kappa shape index (κ1) is 13.2. The number of pyridine rings is 1. The van der Waals surface area contributed by atoms with Crippen molar-refractivity contribution in [3.63, 3.8) is 0 Å². The lowest BCUT2D eigenvalue weighted by Gasteiger charge is -2.21. The summed E-state index contributed by atoms with van der Waals surface area (Å²) < 4.78 is 5.32. The fraction of sp³-hybridized carbons (Fsp3) is 0.438. The number of hydrogen-bond acceptors (Lipinski definition) is 4. The van der Waals surface area contributed by atoms with Crippen LogP contribution in [0.2, 0.25) is 0 Å². The van der Waals surface area contributed by atoms with Crippen molar-refractivity contribution < 1.29 is 9.84 Å². The number of methoxy groups -OCH3 is 1. The molecule has 0 amide bonds. The fourth-order valence-electron chi connectivity index (χ4n) is 2.91. The van der Waals surface area contributed by atoms with Crippen molar-refractivity contribution in [1.82, 2.24) is 4.98 Å². The first-order valence-electron chi connectivity index (χ1n) is 7.17. The smallest absolute Gasteiger partial charge is 0.119 e. The van der Waals surface area contributed by atoms with Crippen molar-refractivity contribution in [3.05, 3.63) is 29.5 Å². The van der Waals surface area contributed by atoms with Gasteiger partial charge in [0, 0.05) is 23.3 Å². The highest BCUT2D eigenvalue weighted by Crippen LogP contribution is 2.34. The van der Waals surface area contributed by atoms with Crippen molar-refractivity contribution in [1.29, 1.82) is 0 Å². The molecule has 0 unspecified atom stereocenters. The fourth-order valence-corrected chi connectivity index (χ4v) is 2.91. The van der Waals surface area contributed by atoms with E-state index in [4.69, 9.17) is 14.8 Å². The van der Waals surface area contributed by atoms with Crippen molar-refractivity contribution in [3.8, 4) is 5.75 Å². The molecule has 0 fully saturated rings. The zero-order valence-corrected chi connectivity index (χ0v) is 11.8. The van der Waals surface area contributed by atoms with E-state index in [-0.39, 0.29) is 6.61 Å². The molecule has 4 nitrogen and oxygen atoms in total. The molecule has 0 aliphatic heterocycles. The van der Waals surface area contributed by atoms with Crippen LogP contribution in [0.5, 0.6) is 5.75 Å². The second-order valence-electron chi connectivity index (χ2n) is 5.15. The van der Waals surface area contributed by atoms with Crippen LogP contribution in [0.3, 0.4) is 0 Å². The lowest BCUT2D eigenvalue weighted by atomic mass is 9.92. The summed E-state index contributed by atoms with van der Waals surface area (Å²) in [6.45, 7) is 0.686. The molecule has 106 valence electrons. The number of fused-ring (bicyclic) bond motifs is 2. The number of aryl methyl sites for hydroxylation is 1. The highest BCUT2D eigenvalue weighted by atomic mass is 16.5. The third-order valence-corrected chi connectivity index (χ3v) is 3.88. The van der Waals surface area contributed by atoms with Crippen LogP contribution in [0, 0.1) is 0 Å². The SMILES string of the molecule is COc1ccc2nc3c(c(NCCO)c2c1)CCCC3. The van der Waals surface area contributed by atoms with E-state index >= 15 is 0 Å². The van der Waals surface area contributed by atoms with Crippen molar-refractivity contribution in [2.24, 2.45) is 0 Å². The molecule has 20 heavy (non-hydrogen) atoms. The van der Waals surface area contributed by atoms with E-state index in [0.29, 0.717) is 6.54 Å². The normalized spacial score (nSPS) is 14.1. The van der Waals surface area contributed by atoms with Gasteiger partial charge >= 0.3 is 0 Å². The van der Waals surface area contributed by atoms with Crippen LogP contribution < -0.4 is 10.1 Å². The van der Waals surface area contributed by atoms with E-state index in [0.717, 1.165) is 35.2 Å². The number of hydrogen-bond donors (Lipinski definition) is 2. The second kappa shape index (κ2) is 5.67. The van der Waals surface area contributed by atoms with Gasteiger partial charge in [-0.15, -0.1) is 0 Å². The molecule has 1 aliphatic rings. The topological polar surface area (TPSA) is 54.4 Å². The Morgan fingerprint density at radius 1 is 1.30 bits per heavy atom. The van der Waals surface area contributed by atoms with Crippen molar-refractivity contribution in [2.75, 3.05) is 25.6 Å². The molecule has 2 aromatic rings. The van der Waals surface area contributed by atoms with Crippen molar-refractivity contribution >= 4 is 16.6 Å². The molecule has 0 bridgehead atoms. The third-order valence-electron chi connectivity index (χ3n) is 3.88. The molecule has 1 aromatic heterocycles. The number of benzene rings is 1. The Balaban J connectivity index is 2.20. The Labute approximate surface area is 118 Å². The monoisotopic (exact) mass is 272 g/mol. The van der Waals surface area contributed by atoms with E-state index < -0.39 is 0 Å². The second-order valence-corrected chi connectivity index (χ2v) is 5.15. The maximum Gasteiger partial charge on any atom is 0.119 e. The average Bonchev–Trinajstić information content (AvgIpc) is 2.51. The molecule has 0 saturated carbocycles. The number of nitrogens with zero attached hydrogens (tertiary/aromatic N) is 1. The Kier molecular flexibility index (Phi) is 3.74. The van der Waals surface area contributed by atoms with Gasteiger partial charge in [-0.3, -0.25) is 4.98 Å². The molecule has 4 heteroatoms. The predicted molar refractivity (Wildman–Crippen MR) is 80.5 cm³/mol. The zero-order chi connectivity index (χ0) is 13.9. The van der Waals surface area contributed by atoms with Crippen molar-refractivity contribution in [2.45, 2.75) is 25.7 Å². The average molecular weight is 272 g/mol. The summed E-state index contributed by atoms with van der Waals surface area (Å²) in [5.41, 5.74) is 4.63. The van der Waals surface area contributed by atoms with E-state index in [1.807, 2.05) is 18.2 Å². The number of aliphatic hydroxyl groups is 1. The molecule has 1 aromatic carbocycles. The minimum absolute atomic E-state index is 0.128. The number of ether oxygens (including phenoxy) is 1. The van der Waals surface area contributed by atoms with Gasteiger partial charge in [0.1, 0.15) is 5.75 Å². The Morgan fingerprint density at radius 2 is 2.15 bits per heavy atom. The van der Waals surface area contributed by atoms with Gasteiger partial charge < -0.3 is 15.2 Å². The van der Waals surface area contributed by atoms with Gasteiger partial charge in [0.25, 0.3) is 0 Å². The lowest BCUT2D eigenvalue weighted by molar-refractivity contribution is 0.311. The van der Waals surface area contributed by atoms with Crippen LogP contribution in [0.4, 0.5) is 5.69 Å². The zero-order valence-electron chi connectivity index (χ0n) is 11.8. The molecule has 3 rings (SSSR count). The number of anilines is 1. The molecule has 1 aliphatic carbocycles. The van der Waals surface area contributed by atoms with E-state index in [9.17, 15) is 0 Å². The van der Waals surface area contributed by atoms with Crippen LogP contribution in [-0.2, 0) is 12.8 Å². The predicted octanol–water partition coefficient (Wildman–Crippen LogP) is 2.53. The third kappa shape index (κ3) is 2.31. The first-order chi connectivity index (χ1) is 9.83. The molecule has 0 atom stereocenters. The molecule has 1 heterocycles. The minimum atomic E-state index is 0.128. The summed E-state index contributed by atoms with van der Waals surface area (Å²) in [6.07, 6.45) is 4.52. The number of nitrogens with one attached hydrogen (secondary N) is 1. The summed E-state index contributed by atoms with van der Waals surface area (Å²) >= 11 is 0. The van der Waals surface area contributed by atoms with Gasteiger partial charge in [-0.05, 0) is 49.4 Å². The van der Waals surface area contributed by atoms with Crippen LogP contribution in [0.1, 0.15) is 24.1 Å². The van der Waals surface area contributed by atoms with Gasteiger partial charge in [-0.2, -0.15) is 0 Å². The lowest BCUT2D eigenvalue weighted by Crippen LogP contribution is -2.13. The number of aromatic nitrogens is 1. The molecular formula is C16H20N2O2. The van der Waals surface area contributed by atoms with E-state index in [1.165, 1.54) is 24.1 Å². The summed E-state index contributed by atoms with van der Waals surface area (Å²) in [4.78, 5) is 4.80. The van der Waals surface area contributed by atoms with Gasteiger partial charge in [0.2, 0.25) is 0 Å². The number of aliphatic hydroxyl groups excluding tert-OH is 1. The van der Waals surface area contributed by atoms with Gasteiger partial charge in [-0.1, -0.05) is 0 Å². The minimum Gasteiger partial charge on any atom is -0.497 e. The summed E-state index contributed by atoms with van der Waals surface area (Å²) in [7, 11) is 1.67. The van der Waals surface area contributed by atoms with Crippen LogP contribution in [-0.4, -0.2) is 30.4 Å². The summed E-state index contributed by atoms with van der Waals surface area (Å²) in [5, 5.41) is 13.6. The van der Waals surface area contributed by atoms with E-state index in [1.54, 1.807) is 7.11 Å². The maximum atomic E-state index is 9.10. The van der Waals surface area contributed by atoms with Crippen LogP contribution in [0.25, 0.3) is 10.9 Å². The van der Waals surface area contributed by atoms with Gasteiger partial charge in [0.05, 0.1) is 19.2 Å². The maximum absolute atomic E-state index is 9.10. The van der Waals surface area contributed by atoms with Gasteiger partial charge in [-0.25, -0.2) is 0 Å². The Bertz CT molecular complexity index is 625. The molecule has 0 saturated heterocycles. The van der Waals surface area contributed by atoms with E-state index in [2.05, 4.69) is 5.32 Å². The summed E-state index contributed by atoms with van der Waals surface area (Å²) in [5.74, 6) is 0.835. The van der Waals surface area contributed by atoms with Gasteiger partial charge in [0.15, 0.2) is 0 Å². The Hall–Kier alpha value is -1.81. The molecule has 0 spiro atoms. The molecule has 2 N–H and O–H groups in total. The molecule has 0 radical (unpaired) electrons. The highest BCUT2D eigenvalue weighted by Gasteiger charge is 2.18. The highest BCUT2D eigenvalue weighted by molar-refractivity contribution is 5.94. The number of rotatable bonds is 4.